The number of esters is 1. The summed E-state index contributed by atoms with van der Waals surface area (Å²) in [4.78, 5) is 33.8. The van der Waals surface area contributed by atoms with Gasteiger partial charge in [0.1, 0.15) is 11.3 Å². The molecule has 9 heteroatoms. The summed E-state index contributed by atoms with van der Waals surface area (Å²) in [7, 11) is 1.25. The maximum atomic E-state index is 11.8. The van der Waals surface area contributed by atoms with Crippen molar-refractivity contribution < 1.29 is 24.0 Å². The van der Waals surface area contributed by atoms with E-state index in [1.54, 1.807) is 20.8 Å². The molecule has 0 heterocycles. The van der Waals surface area contributed by atoms with Crippen LogP contribution in [0.5, 0.6) is 0 Å². The zero-order valence-electron chi connectivity index (χ0n) is 13.1. The minimum Gasteiger partial charge on any atom is -0.469 e. The number of carbonyl (C=O) groups is 2. The van der Waals surface area contributed by atoms with E-state index >= 15 is 0 Å². The molecule has 0 aromatic heterocycles. The number of halogens is 1. The van der Waals surface area contributed by atoms with Crippen molar-refractivity contribution in [3.63, 3.8) is 0 Å². The first-order valence-electron chi connectivity index (χ1n) is 6.57. The number of methoxy groups -OCH3 is 1. The summed E-state index contributed by atoms with van der Waals surface area (Å²) in [6, 6.07) is 2.66. The van der Waals surface area contributed by atoms with Gasteiger partial charge in [-0.05, 0) is 55.0 Å². The van der Waals surface area contributed by atoms with E-state index in [-0.39, 0.29) is 17.8 Å². The quantitative estimate of drug-likeness (QED) is 0.336. The van der Waals surface area contributed by atoms with Crippen LogP contribution >= 0.6 is 22.6 Å². The summed E-state index contributed by atoms with van der Waals surface area (Å²) in [5.74, 6) is -0.486. The first kappa shape index (κ1) is 19.1. The number of nitro groups is 1. The molecule has 0 saturated heterocycles. The van der Waals surface area contributed by atoms with Gasteiger partial charge in [0.05, 0.1) is 18.5 Å². The van der Waals surface area contributed by atoms with Crippen LogP contribution in [0.2, 0.25) is 0 Å². The number of amides is 1. The van der Waals surface area contributed by atoms with Crippen molar-refractivity contribution >= 4 is 46.0 Å². The second-order valence-electron chi connectivity index (χ2n) is 5.60. The number of nitrogens with zero attached hydrogens (tertiary/aromatic N) is 1. The van der Waals surface area contributed by atoms with Crippen LogP contribution in [0.3, 0.4) is 0 Å². The van der Waals surface area contributed by atoms with Crippen molar-refractivity contribution in [2.24, 2.45) is 0 Å². The third-order valence-electron chi connectivity index (χ3n) is 2.56. The average Bonchev–Trinajstić information content (AvgIpc) is 2.39. The molecule has 0 spiro atoms. The number of anilines is 1. The number of rotatable bonds is 4. The van der Waals surface area contributed by atoms with Crippen LogP contribution in [0.25, 0.3) is 0 Å². The Morgan fingerprint density at radius 1 is 1.35 bits per heavy atom. The lowest BCUT2D eigenvalue weighted by molar-refractivity contribution is -0.384. The number of hydrogen-bond donors (Lipinski definition) is 1. The zero-order chi connectivity index (χ0) is 17.8. The highest BCUT2D eigenvalue weighted by atomic mass is 127. The highest BCUT2D eigenvalue weighted by molar-refractivity contribution is 14.1. The summed E-state index contributed by atoms with van der Waals surface area (Å²) in [6.45, 7) is 5.03. The van der Waals surface area contributed by atoms with E-state index < -0.39 is 22.6 Å². The smallest absolute Gasteiger partial charge is 0.412 e. The van der Waals surface area contributed by atoms with Crippen LogP contribution in [-0.4, -0.2) is 29.7 Å². The van der Waals surface area contributed by atoms with Gasteiger partial charge < -0.3 is 9.47 Å². The molecule has 0 aliphatic carbocycles. The highest BCUT2D eigenvalue weighted by Crippen LogP contribution is 2.30. The van der Waals surface area contributed by atoms with E-state index in [0.29, 0.717) is 9.13 Å². The summed E-state index contributed by atoms with van der Waals surface area (Å²) in [6.07, 6.45) is -0.874. The summed E-state index contributed by atoms with van der Waals surface area (Å²) in [5.41, 5.74) is -0.553. The molecule has 0 aliphatic heterocycles. The minimum absolute atomic E-state index is 0.0384. The van der Waals surface area contributed by atoms with Gasteiger partial charge in [-0.3, -0.25) is 20.2 Å². The molecule has 1 aromatic carbocycles. The zero-order valence-corrected chi connectivity index (χ0v) is 15.3. The largest absolute Gasteiger partial charge is 0.469 e. The average molecular weight is 436 g/mol. The summed E-state index contributed by atoms with van der Waals surface area (Å²) >= 11 is 1.89. The molecule has 8 nitrogen and oxygen atoms in total. The van der Waals surface area contributed by atoms with Gasteiger partial charge in [-0.15, -0.1) is 0 Å². The van der Waals surface area contributed by atoms with E-state index in [4.69, 9.17) is 4.74 Å². The molecule has 1 amide bonds. The Balaban J connectivity index is 3.16. The standard InChI is InChI=1S/C14H17IN2O6/c1-14(2,3)23-13(19)16-10-5-8(6-12(18)22-4)9(15)7-11(10)17(20)21/h5,7H,6H2,1-4H3,(H,16,19). The Kier molecular flexibility index (Phi) is 6.30. The van der Waals surface area contributed by atoms with E-state index in [0.717, 1.165) is 0 Å². The monoisotopic (exact) mass is 436 g/mol. The molecule has 0 bridgehead atoms. The Labute approximate surface area is 146 Å². The predicted octanol–water partition coefficient (Wildman–Crippen LogP) is 3.26. The fourth-order valence-corrected chi connectivity index (χ4v) is 2.28. The number of ether oxygens (including phenoxy) is 2. The van der Waals surface area contributed by atoms with Gasteiger partial charge in [0.15, 0.2) is 0 Å². The Bertz CT molecular complexity index is 639. The topological polar surface area (TPSA) is 108 Å². The van der Waals surface area contributed by atoms with Gasteiger partial charge >= 0.3 is 12.1 Å². The number of nitro benzene ring substituents is 1. The normalized spacial score (nSPS) is 10.8. The number of carbonyl (C=O) groups excluding carboxylic acids is 2. The maximum absolute atomic E-state index is 11.8. The lowest BCUT2D eigenvalue weighted by Gasteiger charge is -2.20. The Hall–Kier alpha value is -1.91. The molecule has 0 fully saturated rings. The Morgan fingerprint density at radius 3 is 2.43 bits per heavy atom. The lowest BCUT2D eigenvalue weighted by atomic mass is 10.1. The first-order valence-corrected chi connectivity index (χ1v) is 7.65. The van der Waals surface area contributed by atoms with E-state index in [9.17, 15) is 19.7 Å². The lowest BCUT2D eigenvalue weighted by Crippen LogP contribution is -2.27. The van der Waals surface area contributed by atoms with Crippen LogP contribution in [0.15, 0.2) is 12.1 Å². The molecule has 1 aromatic rings. The van der Waals surface area contributed by atoms with Crippen LogP contribution < -0.4 is 5.32 Å². The van der Waals surface area contributed by atoms with Crippen LogP contribution in [-0.2, 0) is 20.7 Å². The first-order chi connectivity index (χ1) is 10.5. The number of nitrogens with one attached hydrogen (secondary N) is 1. The molecule has 0 radical (unpaired) electrons. The van der Waals surface area contributed by atoms with E-state index in [1.807, 2.05) is 22.6 Å². The third kappa shape index (κ3) is 6.00. The summed E-state index contributed by atoms with van der Waals surface area (Å²) < 4.78 is 10.2. The molecular weight excluding hydrogens is 419 g/mol. The Morgan fingerprint density at radius 2 is 1.96 bits per heavy atom. The van der Waals surface area contributed by atoms with E-state index in [1.165, 1.54) is 19.2 Å². The van der Waals surface area contributed by atoms with Crippen LogP contribution in [0, 0.1) is 13.7 Å². The van der Waals surface area contributed by atoms with Gasteiger partial charge in [-0.1, -0.05) is 0 Å². The van der Waals surface area contributed by atoms with Crippen molar-refractivity contribution in [2.45, 2.75) is 32.8 Å². The van der Waals surface area contributed by atoms with Crippen molar-refractivity contribution in [1.29, 1.82) is 0 Å². The summed E-state index contributed by atoms with van der Waals surface area (Å²) in [5, 5.41) is 13.5. The third-order valence-corrected chi connectivity index (χ3v) is 3.56. The van der Waals surface area contributed by atoms with Crippen molar-refractivity contribution in [3.05, 3.63) is 31.4 Å². The van der Waals surface area contributed by atoms with E-state index in [2.05, 4.69) is 10.1 Å². The van der Waals surface area contributed by atoms with Gasteiger partial charge in [0.25, 0.3) is 5.69 Å². The fourth-order valence-electron chi connectivity index (χ4n) is 1.64. The molecular formula is C14H17IN2O6. The predicted molar refractivity (Wildman–Crippen MR) is 91.4 cm³/mol. The number of benzene rings is 1. The molecule has 0 saturated carbocycles. The second kappa shape index (κ2) is 7.57. The number of hydrogen-bond acceptors (Lipinski definition) is 6. The van der Waals surface area contributed by atoms with Gasteiger partial charge in [-0.2, -0.15) is 0 Å². The molecule has 1 rings (SSSR count). The van der Waals surface area contributed by atoms with Gasteiger partial charge in [0.2, 0.25) is 0 Å². The molecule has 0 unspecified atom stereocenters. The molecule has 0 atom stereocenters. The molecule has 1 N–H and O–H groups in total. The van der Waals surface area contributed by atoms with Gasteiger partial charge in [-0.25, -0.2) is 4.79 Å². The highest BCUT2D eigenvalue weighted by Gasteiger charge is 2.23. The maximum Gasteiger partial charge on any atom is 0.412 e. The van der Waals surface area contributed by atoms with Crippen LogP contribution in [0.4, 0.5) is 16.2 Å². The molecule has 126 valence electrons. The van der Waals surface area contributed by atoms with Crippen molar-refractivity contribution in [3.8, 4) is 0 Å². The van der Waals surface area contributed by atoms with Crippen molar-refractivity contribution in [2.75, 3.05) is 12.4 Å². The molecule has 0 aliphatic rings. The second-order valence-corrected chi connectivity index (χ2v) is 6.76. The van der Waals surface area contributed by atoms with Crippen LogP contribution in [0.1, 0.15) is 26.3 Å². The fraction of sp³-hybridized carbons (Fsp3) is 0.429. The molecule has 23 heavy (non-hydrogen) atoms. The van der Waals surface area contributed by atoms with Crippen molar-refractivity contribution in [1.82, 2.24) is 0 Å². The minimum atomic E-state index is -0.814. The SMILES string of the molecule is COC(=O)Cc1cc(NC(=O)OC(C)(C)C)c([N+](=O)[O-])cc1I. The van der Waals surface area contributed by atoms with Gasteiger partial charge in [0, 0.05) is 9.64 Å².